The van der Waals surface area contributed by atoms with E-state index in [4.69, 9.17) is 5.73 Å². The third-order valence-electron chi connectivity index (χ3n) is 2.00. The van der Waals surface area contributed by atoms with Crippen LogP contribution < -0.4 is 5.73 Å². The molecule has 17 heavy (non-hydrogen) atoms. The number of nitrogens with two attached hydrogens (primary N) is 1. The molecule has 1 atom stereocenters. The van der Waals surface area contributed by atoms with Crippen LogP contribution >= 0.6 is 11.3 Å². The van der Waals surface area contributed by atoms with Crippen LogP contribution in [0.4, 0.5) is 13.2 Å². The maximum absolute atomic E-state index is 11.8. The highest BCUT2D eigenvalue weighted by Crippen LogP contribution is 2.15. The Hall–Kier alpha value is -0.660. The van der Waals surface area contributed by atoms with Crippen LogP contribution in [0.5, 0.6) is 0 Å². The fraction of sp³-hybridized carbons (Fsp3) is 0.700. The highest BCUT2D eigenvalue weighted by Gasteiger charge is 2.27. The van der Waals surface area contributed by atoms with Crippen LogP contribution in [0.2, 0.25) is 0 Å². The monoisotopic (exact) mass is 268 g/mol. The van der Waals surface area contributed by atoms with Gasteiger partial charge in [-0.1, -0.05) is 0 Å². The van der Waals surface area contributed by atoms with Gasteiger partial charge in [-0.05, 0) is 13.3 Å². The van der Waals surface area contributed by atoms with Crippen molar-refractivity contribution in [3.8, 4) is 0 Å². The topological polar surface area (TPSA) is 48.1 Å². The molecule has 1 aromatic heterocycles. The second-order valence-electron chi connectivity index (χ2n) is 3.80. The Morgan fingerprint density at radius 2 is 2.24 bits per heavy atom. The summed E-state index contributed by atoms with van der Waals surface area (Å²) in [6, 6.07) is -0.214. The third-order valence-corrected chi connectivity index (χ3v) is 2.99. The zero-order valence-corrected chi connectivity index (χ0v) is 10.3. The molecule has 0 radical (unpaired) electrons. The van der Waals surface area contributed by atoms with Crippen molar-refractivity contribution < 1.29 is 17.9 Å². The van der Waals surface area contributed by atoms with Gasteiger partial charge < -0.3 is 10.5 Å². The average molecular weight is 268 g/mol. The van der Waals surface area contributed by atoms with E-state index in [9.17, 15) is 13.2 Å². The van der Waals surface area contributed by atoms with Crippen LogP contribution in [0.1, 0.15) is 17.1 Å². The Balaban J connectivity index is 2.15. The first kappa shape index (κ1) is 14.4. The van der Waals surface area contributed by atoms with Gasteiger partial charge in [0.2, 0.25) is 0 Å². The predicted molar refractivity (Wildman–Crippen MR) is 60.0 cm³/mol. The van der Waals surface area contributed by atoms with E-state index >= 15 is 0 Å². The molecule has 1 heterocycles. The number of halogens is 3. The van der Waals surface area contributed by atoms with Crippen molar-refractivity contribution >= 4 is 11.3 Å². The van der Waals surface area contributed by atoms with E-state index in [2.05, 4.69) is 9.72 Å². The molecule has 0 saturated heterocycles. The summed E-state index contributed by atoms with van der Waals surface area (Å²) < 4.78 is 39.8. The standard InChI is InChI=1S/C10H15F3N2OS/c1-7-5-17-9(15-7)4-8(14)2-3-16-6-10(11,12)13/h5,8H,2-4,6,14H2,1H3. The highest BCUT2D eigenvalue weighted by molar-refractivity contribution is 7.09. The van der Waals surface area contributed by atoms with Crippen LogP contribution in [-0.4, -0.2) is 30.4 Å². The maximum atomic E-state index is 11.8. The Kier molecular flexibility index (Phi) is 5.35. The number of hydrogen-bond donors (Lipinski definition) is 1. The van der Waals surface area contributed by atoms with Gasteiger partial charge in [-0.15, -0.1) is 11.3 Å². The first-order valence-electron chi connectivity index (χ1n) is 5.18. The molecule has 1 aromatic rings. The summed E-state index contributed by atoms with van der Waals surface area (Å²) in [6.07, 6.45) is -3.29. The molecule has 3 nitrogen and oxygen atoms in total. The van der Waals surface area contributed by atoms with Crippen molar-refractivity contribution in [2.75, 3.05) is 13.2 Å². The molecule has 0 aliphatic heterocycles. The Morgan fingerprint density at radius 3 is 2.76 bits per heavy atom. The van der Waals surface area contributed by atoms with Crippen LogP contribution in [0.15, 0.2) is 5.38 Å². The van der Waals surface area contributed by atoms with Gasteiger partial charge in [-0.25, -0.2) is 4.98 Å². The van der Waals surface area contributed by atoms with Crippen molar-refractivity contribution in [1.29, 1.82) is 0 Å². The average Bonchev–Trinajstić information content (AvgIpc) is 2.57. The van der Waals surface area contributed by atoms with Gasteiger partial charge in [0.1, 0.15) is 6.61 Å². The lowest BCUT2D eigenvalue weighted by atomic mass is 10.2. The molecule has 0 aliphatic carbocycles. The van der Waals surface area contributed by atoms with Gasteiger partial charge in [0.25, 0.3) is 0 Å². The van der Waals surface area contributed by atoms with Gasteiger partial charge >= 0.3 is 6.18 Å². The van der Waals surface area contributed by atoms with Gasteiger partial charge in [0.05, 0.1) is 5.01 Å². The summed E-state index contributed by atoms with van der Waals surface area (Å²) in [5, 5.41) is 2.83. The second kappa shape index (κ2) is 6.32. The largest absolute Gasteiger partial charge is 0.411 e. The molecule has 2 N–H and O–H groups in total. The van der Waals surface area contributed by atoms with Crippen molar-refractivity contribution in [2.24, 2.45) is 5.73 Å². The summed E-state index contributed by atoms with van der Waals surface area (Å²) in [4.78, 5) is 4.24. The number of ether oxygens (including phenoxy) is 1. The number of nitrogens with zero attached hydrogens (tertiary/aromatic N) is 1. The Morgan fingerprint density at radius 1 is 1.53 bits per heavy atom. The minimum Gasteiger partial charge on any atom is -0.372 e. The van der Waals surface area contributed by atoms with Crippen molar-refractivity contribution in [2.45, 2.75) is 32.0 Å². The molecule has 0 aliphatic rings. The van der Waals surface area contributed by atoms with Gasteiger partial charge in [-0.3, -0.25) is 0 Å². The van der Waals surface area contributed by atoms with Gasteiger partial charge in [0, 0.05) is 30.1 Å². The molecule has 1 rings (SSSR count). The predicted octanol–water partition coefficient (Wildman–Crippen LogP) is 2.29. The zero-order chi connectivity index (χ0) is 12.9. The second-order valence-corrected chi connectivity index (χ2v) is 4.75. The number of aromatic nitrogens is 1. The lowest BCUT2D eigenvalue weighted by molar-refractivity contribution is -0.174. The molecule has 1 unspecified atom stereocenters. The lowest BCUT2D eigenvalue weighted by Gasteiger charge is -2.11. The first-order chi connectivity index (χ1) is 7.87. The van der Waals surface area contributed by atoms with Crippen LogP contribution in [0.3, 0.4) is 0 Å². The van der Waals surface area contributed by atoms with Crippen molar-refractivity contribution in [3.63, 3.8) is 0 Å². The molecule has 0 saturated carbocycles. The molecule has 0 aromatic carbocycles. The van der Waals surface area contributed by atoms with Gasteiger partial charge in [0.15, 0.2) is 0 Å². The molecule has 0 amide bonds. The van der Waals surface area contributed by atoms with E-state index in [-0.39, 0.29) is 12.6 Å². The fourth-order valence-corrected chi connectivity index (χ4v) is 2.11. The molecular weight excluding hydrogens is 253 g/mol. The van der Waals surface area contributed by atoms with E-state index in [0.29, 0.717) is 12.8 Å². The van der Waals surface area contributed by atoms with Crippen molar-refractivity contribution in [1.82, 2.24) is 4.98 Å². The number of hydrogen-bond acceptors (Lipinski definition) is 4. The maximum Gasteiger partial charge on any atom is 0.411 e. The van der Waals surface area contributed by atoms with E-state index in [1.165, 1.54) is 11.3 Å². The zero-order valence-electron chi connectivity index (χ0n) is 9.46. The molecule has 0 bridgehead atoms. The Bertz CT molecular complexity index is 341. The molecule has 0 fully saturated rings. The van der Waals surface area contributed by atoms with Gasteiger partial charge in [-0.2, -0.15) is 13.2 Å². The summed E-state index contributed by atoms with van der Waals surface area (Å²) in [6.45, 7) is 0.694. The minimum absolute atomic E-state index is 0.0189. The van der Waals surface area contributed by atoms with Crippen LogP contribution in [0.25, 0.3) is 0 Å². The molecule has 7 heteroatoms. The fourth-order valence-electron chi connectivity index (χ4n) is 1.25. The minimum atomic E-state index is -4.27. The van der Waals surface area contributed by atoms with Crippen LogP contribution in [0, 0.1) is 6.92 Å². The summed E-state index contributed by atoms with van der Waals surface area (Å²) in [5.74, 6) is 0. The smallest absolute Gasteiger partial charge is 0.372 e. The SMILES string of the molecule is Cc1csc(CC(N)CCOCC(F)(F)F)n1. The molecular formula is C10H15F3N2OS. The van der Waals surface area contributed by atoms with Crippen LogP contribution in [-0.2, 0) is 11.2 Å². The van der Waals surface area contributed by atoms with E-state index in [1.54, 1.807) is 0 Å². The highest BCUT2D eigenvalue weighted by atomic mass is 32.1. The van der Waals surface area contributed by atoms with E-state index in [0.717, 1.165) is 10.7 Å². The van der Waals surface area contributed by atoms with E-state index in [1.807, 2.05) is 12.3 Å². The molecule has 98 valence electrons. The third kappa shape index (κ3) is 6.60. The summed E-state index contributed by atoms with van der Waals surface area (Å²) in [7, 11) is 0. The quantitative estimate of drug-likeness (QED) is 0.805. The first-order valence-corrected chi connectivity index (χ1v) is 6.06. The normalized spacial score (nSPS) is 13.9. The van der Waals surface area contributed by atoms with Crippen molar-refractivity contribution in [3.05, 3.63) is 16.1 Å². The number of rotatable bonds is 6. The Labute approximate surface area is 102 Å². The number of aryl methyl sites for hydroxylation is 1. The summed E-state index contributed by atoms with van der Waals surface area (Å²) in [5.41, 5.74) is 6.71. The van der Waals surface area contributed by atoms with E-state index < -0.39 is 12.8 Å². The number of alkyl halides is 3. The summed E-state index contributed by atoms with van der Waals surface area (Å²) >= 11 is 1.51. The number of thiazole rings is 1. The molecule has 0 spiro atoms. The lowest BCUT2D eigenvalue weighted by Crippen LogP contribution is -2.26.